The highest BCUT2D eigenvalue weighted by atomic mass is 19.1. The van der Waals surface area contributed by atoms with Gasteiger partial charge >= 0.3 is 0 Å². The van der Waals surface area contributed by atoms with Gasteiger partial charge in [-0.25, -0.2) is 4.39 Å². The third-order valence-electron chi connectivity index (χ3n) is 6.04. The highest BCUT2D eigenvalue weighted by molar-refractivity contribution is 5.88. The highest BCUT2D eigenvalue weighted by Crippen LogP contribution is 2.38. The lowest BCUT2D eigenvalue weighted by Gasteiger charge is -2.27. The van der Waals surface area contributed by atoms with E-state index in [1.807, 2.05) is 31.3 Å². The molecule has 5 nitrogen and oxygen atoms in total. The molecule has 32 heavy (non-hydrogen) atoms. The van der Waals surface area contributed by atoms with E-state index >= 15 is 0 Å². The van der Waals surface area contributed by atoms with E-state index in [1.54, 1.807) is 12.1 Å². The minimum atomic E-state index is -0.182. The quantitative estimate of drug-likeness (QED) is 0.370. The molecule has 0 amide bonds. The summed E-state index contributed by atoms with van der Waals surface area (Å²) in [5.74, 6) is 1.40. The van der Waals surface area contributed by atoms with E-state index in [2.05, 4.69) is 21.4 Å². The number of hydrogen-bond donors (Lipinski definition) is 2. The predicted molar refractivity (Wildman–Crippen MR) is 125 cm³/mol. The Bertz CT molecular complexity index is 1240. The topological polar surface area (TPSA) is 59.2 Å². The van der Waals surface area contributed by atoms with Crippen molar-refractivity contribution in [3.63, 3.8) is 0 Å². The molecule has 0 saturated carbocycles. The highest BCUT2D eigenvalue weighted by Gasteiger charge is 2.23. The summed E-state index contributed by atoms with van der Waals surface area (Å²) in [5.41, 5.74) is 4.11. The molecule has 2 aromatic carbocycles. The van der Waals surface area contributed by atoms with Crippen molar-refractivity contribution < 1.29 is 13.9 Å². The monoisotopic (exact) mass is 433 g/mol. The van der Waals surface area contributed by atoms with Crippen LogP contribution in [0.15, 0.2) is 48.7 Å². The van der Waals surface area contributed by atoms with E-state index in [9.17, 15) is 4.39 Å². The number of rotatable bonds is 8. The first-order valence-electron chi connectivity index (χ1n) is 11.3. The number of aromatic amines is 1. The molecule has 2 N–H and O–H groups in total. The largest absolute Gasteiger partial charge is 0.486 e. The Hall–Kier alpha value is -3.12. The molecule has 3 heterocycles. The molecule has 2 aromatic heterocycles. The molecule has 166 valence electrons. The molecule has 0 radical (unpaired) electrons. The van der Waals surface area contributed by atoms with Crippen LogP contribution in [0, 0.1) is 12.7 Å². The Labute approximate surface area is 187 Å². The number of halogens is 1. The van der Waals surface area contributed by atoms with E-state index in [-0.39, 0.29) is 11.9 Å². The summed E-state index contributed by atoms with van der Waals surface area (Å²) in [6.07, 6.45) is 6.24. The number of nitrogens with one attached hydrogen (secondary N) is 2. The Balaban J connectivity index is 1.06. The number of aromatic nitrogens is 2. The molecule has 1 unspecified atom stereocenters. The zero-order valence-corrected chi connectivity index (χ0v) is 18.3. The maximum Gasteiger partial charge on any atom is 0.171 e. The number of H-pyrrole nitrogens is 1. The smallest absolute Gasteiger partial charge is 0.171 e. The van der Waals surface area contributed by atoms with Gasteiger partial charge in [0.2, 0.25) is 0 Å². The molecule has 4 aromatic rings. The Morgan fingerprint density at radius 3 is 2.97 bits per heavy atom. The van der Waals surface area contributed by atoms with Crippen LogP contribution in [0.2, 0.25) is 0 Å². The fourth-order valence-corrected chi connectivity index (χ4v) is 4.34. The van der Waals surface area contributed by atoms with E-state index < -0.39 is 0 Å². The van der Waals surface area contributed by atoms with Gasteiger partial charge < -0.3 is 19.8 Å². The first-order chi connectivity index (χ1) is 15.7. The molecule has 0 saturated heterocycles. The van der Waals surface area contributed by atoms with Crippen molar-refractivity contribution in [1.29, 1.82) is 0 Å². The van der Waals surface area contributed by atoms with Crippen molar-refractivity contribution in [2.24, 2.45) is 0 Å². The van der Waals surface area contributed by atoms with Crippen molar-refractivity contribution in [1.82, 2.24) is 15.3 Å². The molecule has 0 bridgehead atoms. The van der Waals surface area contributed by atoms with Gasteiger partial charge in [0.05, 0.1) is 5.52 Å². The maximum absolute atomic E-state index is 13.5. The molecular weight excluding hydrogens is 405 g/mol. The second kappa shape index (κ2) is 9.17. The molecule has 6 heteroatoms. The van der Waals surface area contributed by atoms with Crippen LogP contribution >= 0.6 is 0 Å². The summed E-state index contributed by atoms with van der Waals surface area (Å²) >= 11 is 0. The zero-order valence-electron chi connectivity index (χ0n) is 18.3. The maximum atomic E-state index is 13.5. The van der Waals surface area contributed by atoms with Gasteiger partial charge in [-0.15, -0.1) is 0 Å². The predicted octanol–water partition coefficient (Wildman–Crippen LogP) is 5.31. The number of pyridine rings is 1. The first-order valence-corrected chi connectivity index (χ1v) is 11.3. The summed E-state index contributed by atoms with van der Waals surface area (Å²) in [6.45, 7) is 4.22. The molecule has 0 fully saturated rings. The number of aryl methyl sites for hydroxylation is 2. The normalized spacial score (nSPS) is 15.5. The molecule has 0 aliphatic carbocycles. The molecule has 5 rings (SSSR count). The van der Waals surface area contributed by atoms with Gasteiger partial charge in [0.15, 0.2) is 11.5 Å². The zero-order chi connectivity index (χ0) is 21.9. The Morgan fingerprint density at radius 1 is 1.09 bits per heavy atom. The number of fused-ring (bicyclic) bond motifs is 4. The van der Waals surface area contributed by atoms with Crippen LogP contribution in [0.25, 0.3) is 21.8 Å². The lowest BCUT2D eigenvalue weighted by molar-refractivity contribution is 0.0925. The number of benzene rings is 2. The average Bonchev–Trinajstić information content (AvgIpc) is 3.20. The van der Waals surface area contributed by atoms with Gasteiger partial charge in [-0.2, -0.15) is 0 Å². The Kier molecular flexibility index (Phi) is 5.95. The number of hydrogen-bond acceptors (Lipinski definition) is 4. The second-order valence-electron chi connectivity index (χ2n) is 8.48. The lowest BCUT2D eigenvalue weighted by Crippen LogP contribution is -2.38. The van der Waals surface area contributed by atoms with Crippen LogP contribution in [-0.4, -0.2) is 35.8 Å². The minimum absolute atomic E-state index is 0.0180. The minimum Gasteiger partial charge on any atom is -0.486 e. The second-order valence-corrected chi connectivity index (χ2v) is 8.48. The van der Waals surface area contributed by atoms with Gasteiger partial charge in [0, 0.05) is 34.7 Å². The standard InChI is InChI=1S/C26H28FN3O2/c1-17-6-8-21-24(30-17)10-11-25-26(21)32-20(16-31-25)15-28-12-4-2-3-5-18-14-29-23-9-7-19(27)13-22(18)23/h6-11,13-14,20,28-29H,2-5,12,15-16H2,1H3. The van der Waals surface area contributed by atoms with Crippen molar-refractivity contribution in [3.8, 4) is 11.5 Å². The summed E-state index contributed by atoms with van der Waals surface area (Å²) in [4.78, 5) is 7.81. The fraction of sp³-hybridized carbons (Fsp3) is 0.346. The summed E-state index contributed by atoms with van der Waals surface area (Å²) in [5, 5.41) is 5.49. The average molecular weight is 434 g/mol. The number of nitrogens with zero attached hydrogens (tertiary/aromatic N) is 1. The van der Waals surface area contributed by atoms with Crippen LogP contribution in [0.5, 0.6) is 11.5 Å². The molecule has 1 aliphatic rings. The Morgan fingerprint density at radius 2 is 2.03 bits per heavy atom. The van der Waals surface area contributed by atoms with Crippen molar-refractivity contribution in [2.75, 3.05) is 19.7 Å². The van der Waals surface area contributed by atoms with Crippen LogP contribution in [0.3, 0.4) is 0 Å². The molecule has 0 spiro atoms. The summed E-state index contributed by atoms with van der Waals surface area (Å²) < 4.78 is 25.7. The van der Waals surface area contributed by atoms with Crippen molar-refractivity contribution >= 4 is 21.8 Å². The number of ether oxygens (including phenoxy) is 2. The van der Waals surface area contributed by atoms with Gasteiger partial charge in [-0.1, -0.05) is 6.42 Å². The van der Waals surface area contributed by atoms with Crippen molar-refractivity contribution in [2.45, 2.75) is 38.7 Å². The first kappa shape index (κ1) is 20.8. The van der Waals surface area contributed by atoms with Gasteiger partial charge in [0.25, 0.3) is 0 Å². The van der Waals surface area contributed by atoms with E-state index in [1.165, 1.54) is 11.6 Å². The summed E-state index contributed by atoms with van der Waals surface area (Å²) in [6, 6.07) is 12.9. The van der Waals surface area contributed by atoms with Gasteiger partial charge in [-0.05, 0) is 80.8 Å². The van der Waals surface area contributed by atoms with Crippen LogP contribution in [-0.2, 0) is 6.42 Å². The summed E-state index contributed by atoms with van der Waals surface area (Å²) in [7, 11) is 0. The lowest BCUT2D eigenvalue weighted by atomic mass is 10.1. The van der Waals surface area contributed by atoms with Crippen LogP contribution in [0.4, 0.5) is 4.39 Å². The van der Waals surface area contributed by atoms with Crippen LogP contribution in [0.1, 0.15) is 30.5 Å². The third-order valence-corrected chi connectivity index (χ3v) is 6.04. The van der Waals surface area contributed by atoms with Crippen LogP contribution < -0.4 is 14.8 Å². The molecular formula is C26H28FN3O2. The SMILES string of the molecule is Cc1ccc2c3c(ccc2n1)OCC(CNCCCCCc1c[nH]c2ccc(F)cc12)O3. The third kappa shape index (κ3) is 4.41. The molecule has 1 aliphatic heterocycles. The van der Waals surface area contributed by atoms with Gasteiger partial charge in [-0.3, -0.25) is 4.98 Å². The van der Waals surface area contributed by atoms with E-state index in [0.29, 0.717) is 6.61 Å². The van der Waals surface area contributed by atoms with Gasteiger partial charge in [0.1, 0.15) is 18.5 Å². The fourth-order valence-electron chi connectivity index (χ4n) is 4.34. The molecule has 1 atom stereocenters. The van der Waals surface area contributed by atoms with E-state index in [0.717, 1.165) is 77.8 Å². The number of unbranched alkanes of at least 4 members (excludes halogenated alkanes) is 2. The van der Waals surface area contributed by atoms with Crippen molar-refractivity contribution in [3.05, 3.63) is 65.7 Å². The van der Waals surface area contributed by atoms with E-state index in [4.69, 9.17) is 9.47 Å².